The smallest absolute Gasteiger partial charge is 0.143 e. The topological polar surface area (TPSA) is 57.1 Å². The van der Waals surface area contributed by atoms with Crippen molar-refractivity contribution in [2.45, 2.75) is 6.04 Å². The van der Waals surface area contributed by atoms with Crippen LogP contribution < -0.4 is 15.4 Å². The van der Waals surface area contributed by atoms with E-state index in [4.69, 9.17) is 10.00 Å². The molecule has 0 saturated carbocycles. The summed E-state index contributed by atoms with van der Waals surface area (Å²) < 4.78 is 5.22. The van der Waals surface area contributed by atoms with Gasteiger partial charge < -0.3 is 15.4 Å². The number of nitrogens with one attached hydrogen (secondary N) is 2. The number of para-hydroxylation sites is 1. The third kappa shape index (κ3) is 1.88. The van der Waals surface area contributed by atoms with E-state index in [1.54, 1.807) is 13.2 Å². The summed E-state index contributed by atoms with van der Waals surface area (Å²) in [6, 6.07) is 8.02. The van der Waals surface area contributed by atoms with Crippen molar-refractivity contribution < 1.29 is 4.74 Å². The highest BCUT2D eigenvalue weighted by Gasteiger charge is 2.19. The molecule has 1 aliphatic heterocycles. The van der Waals surface area contributed by atoms with E-state index in [9.17, 15) is 0 Å². The van der Waals surface area contributed by atoms with Crippen LogP contribution in [0.5, 0.6) is 5.75 Å². The molecule has 0 amide bonds. The normalized spacial score (nSPS) is 15.2. The third-order valence-electron chi connectivity index (χ3n) is 2.50. The van der Waals surface area contributed by atoms with Crippen molar-refractivity contribution >= 4 is 5.69 Å². The molecule has 1 aromatic rings. The predicted octanol–water partition coefficient (Wildman–Crippen LogP) is 0.951. The molecule has 1 aliphatic rings. The highest BCUT2D eigenvalue weighted by molar-refractivity contribution is 5.67. The summed E-state index contributed by atoms with van der Waals surface area (Å²) in [6.07, 6.45) is 0. The molecule has 15 heavy (non-hydrogen) atoms. The molecule has 2 N–H and O–H groups in total. The van der Waals surface area contributed by atoms with Gasteiger partial charge in [-0.2, -0.15) is 5.26 Å². The summed E-state index contributed by atoms with van der Waals surface area (Å²) >= 11 is 0. The average Bonchev–Trinajstić information content (AvgIpc) is 2.23. The number of hydrogen-bond acceptors (Lipinski definition) is 4. The van der Waals surface area contributed by atoms with Crippen molar-refractivity contribution in [2.75, 3.05) is 25.5 Å². The van der Waals surface area contributed by atoms with Gasteiger partial charge in [0.05, 0.1) is 24.4 Å². The van der Waals surface area contributed by atoms with E-state index in [0.29, 0.717) is 11.6 Å². The Morgan fingerprint density at radius 3 is 2.87 bits per heavy atom. The fraction of sp³-hybridized carbons (Fsp3) is 0.364. The van der Waals surface area contributed by atoms with E-state index < -0.39 is 0 Å². The number of methoxy groups -OCH3 is 1. The minimum Gasteiger partial charge on any atom is -0.495 e. The summed E-state index contributed by atoms with van der Waals surface area (Å²) in [6.45, 7) is 1.87. The summed E-state index contributed by atoms with van der Waals surface area (Å²) in [5.74, 6) is 0.723. The summed E-state index contributed by atoms with van der Waals surface area (Å²) in [7, 11) is 1.61. The van der Waals surface area contributed by atoms with E-state index in [1.165, 1.54) is 0 Å². The number of rotatable bonds is 3. The van der Waals surface area contributed by atoms with E-state index >= 15 is 0 Å². The maximum Gasteiger partial charge on any atom is 0.143 e. The Balaban J connectivity index is 2.28. The largest absolute Gasteiger partial charge is 0.495 e. The maximum atomic E-state index is 8.98. The number of benzene rings is 1. The van der Waals surface area contributed by atoms with Crippen molar-refractivity contribution in [3.05, 3.63) is 23.8 Å². The molecule has 0 radical (unpaired) electrons. The van der Waals surface area contributed by atoms with E-state index in [-0.39, 0.29) is 0 Å². The first-order chi connectivity index (χ1) is 7.35. The second kappa shape index (κ2) is 4.20. The van der Waals surface area contributed by atoms with Gasteiger partial charge in [0, 0.05) is 13.1 Å². The second-order valence-corrected chi connectivity index (χ2v) is 3.49. The fourth-order valence-corrected chi connectivity index (χ4v) is 1.54. The second-order valence-electron chi connectivity index (χ2n) is 3.49. The summed E-state index contributed by atoms with van der Waals surface area (Å²) in [5, 5.41) is 15.5. The van der Waals surface area contributed by atoms with Crippen molar-refractivity contribution in [2.24, 2.45) is 0 Å². The monoisotopic (exact) mass is 203 g/mol. The number of nitriles is 1. The first-order valence-corrected chi connectivity index (χ1v) is 4.89. The Hall–Kier alpha value is -1.73. The van der Waals surface area contributed by atoms with Gasteiger partial charge in [0.15, 0.2) is 0 Å². The van der Waals surface area contributed by atoms with Crippen LogP contribution in [0.3, 0.4) is 0 Å². The Kier molecular flexibility index (Phi) is 2.75. The zero-order valence-corrected chi connectivity index (χ0v) is 8.58. The predicted molar refractivity (Wildman–Crippen MR) is 58.0 cm³/mol. The van der Waals surface area contributed by atoms with Crippen LogP contribution >= 0.6 is 0 Å². The van der Waals surface area contributed by atoms with Crippen molar-refractivity contribution in [1.82, 2.24) is 5.32 Å². The van der Waals surface area contributed by atoms with Crippen LogP contribution in [0.25, 0.3) is 0 Å². The SMILES string of the molecule is COc1cccc(C#N)c1NC1CNC1. The third-order valence-corrected chi connectivity index (χ3v) is 2.50. The number of nitrogens with zero attached hydrogens (tertiary/aromatic N) is 1. The summed E-state index contributed by atoms with van der Waals surface area (Å²) in [5.41, 5.74) is 1.43. The Morgan fingerprint density at radius 1 is 1.53 bits per heavy atom. The van der Waals surface area contributed by atoms with E-state index in [2.05, 4.69) is 16.7 Å². The van der Waals surface area contributed by atoms with Crippen LogP contribution in [0.2, 0.25) is 0 Å². The van der Waals surface area contributed by atoms with Gasteiger partial charge in [-0.05, 0) is 12.1 Å². The Morgan fingerprint density at radius 2 is 2.33 bits per heavy atom. The molecule has 0 unspecified atom stereocenters. The van der Waals surface area contributed by atoms with Crippen LogP contribution in [0.1, 0.15) is 5.56 Å². The molecule has 4 nitrogen and oxygen atoms in total. The average molecular weight is 203 g/mol. The van der Waals surface area contributed by atoms with Gasteiger partial charge in [-0.3, -0.25) is 0 Å². The molecule has 2 rings (SSSR count). The molecule has 1 aromatic carbocycles. The van der Waals surface area contributed by atoms with Crippen LogP contribution in [-0.2, 0) is 0 Å². The highest BCUT2D eigenvalue weighted by Crippen LogP contribution is 2.28. The van der Waals surface area contributed by atoms with Gasteiger partial charge in [-0.25, -0.2) is 0 Å². The van der Waals surface area contributed by atoms with Crippen LogP contribution in [0.4, 0.5) is 5.69 Å². The lowest BCUT2D eigenvalue weighted by atomic mass is 10.1. The summed E-state index contributed by atoms with van der Waals surface area (Å²) in [4.78, 5) is 0. The van der Waals surface area contributed by atoms with Gasteiger partial charge >= 0.3 is 0 Å². The molecule has 0 aliphatic carbocycles. The minimum atomic E-state index is 0.397. The minimum absolute atomic E-state index is 0.397. The van der Waals surface area contributed by atoms with E-state index in [0.717, 1.165) is 24.5 Å². The standard InChI is InChI=1S/C11H13N3O/c1-15-10-4-2-3-8(5-12)11(10)14-9-6-13-7-9/h2-4,9,13-14H,6-7H2,1H3. The molecule has 4 heteroatoms. The van der Waals surface area contributed by atoms with Gasteiger partial charge in [0.1, 0.15) is 11.8 Å². The zero-order chi connectivity index (χ0) is 10.7. The number of ether oxygens (including phenoxy) is 1. The molecule has 78 valence electrons. The molecule has 0 aromatic heterocycles. The van der Waals surface area contributed by atoms with Gasteiger partial charge in [-0.1, -0.05) is 6.07 Å². The number of hydrogen-bond donors (Lipinski definition) is 2. The molecule has 0 atom stereocenters. The number of anilines is 1. The fourth-order valence-electron chi connectivity index (χ4n) is 1.54. The Labute approximate surface area is 88.9 Å². The van der Waals surface area contributed by atoms with Gasteiger partial charge in [0.25, 0.3) is 0 Å². The van der Waals surface area contributed by atoms with Gasteiger partial charge in [0.2, 0.25) is 0 Å². The Bertz CT molecular complexity index is 393. The lowest BCUT2D eigenvalue weighted by molar-refractivity contribution is 0.413. The zero-order valence-electron chi connectivity index (χ0n) is 8.58. The molecular formula is C11H13N3O. The highest BCUT2D eigenvalue weighted by atomic mass is 16.5. The van der Waals surface area contributed by atoms with Gasteiger partial charge in [-0.15, -0.1) is 0 Å². The quantitative estimate of drug-likeness (QED) is 0.768. The lowest BCUT2D eigenvalue weighted by Crippen LogP contribution is -2.51. The lowest BCUT2D eigenvalue weighted by Gasteiger charge is -2.29. The molecule has 1 heterocycles. The molecular weight excluding hydrogens is 190 g/mol. The van der Waals surface area contributed by atoms with E-state index in [1.807, 2.05) is 12.1 Å². The van der Waals surface area contributed by atoms with Crippen molar-refractivity contribution in [1.29, 1.82) is 5.26 Å². The maximum absolute atomic E-state index is 8.98. The first-order valence-electron chi connectivity index (χ1n) is 4.89. The molecule has 1 fully saturated rings. The van der Waals surface area contributed by atoms with Crippen LogP contribution in [0, 0.1) is 11.3 Å². The van der Waals surface area contributed by atoms with Crippen molar-refractivity contribution in [3.8, 4) is 11.8 Å². The molecule has 0 bridgehead atoms. The van der Waals surface area contributed by atoms with Crippen LogP contribution in [-0.4, -0.2) is 26.2 Å². The first kappa shape index (κ1) is 9.81. The molecule has 1 saturated heterocycles. The van der Waals surface area contributed by atoms with Crippen LogP contribution in [0.15, 0.2) is 18.2 Å². The van der Waals surface area contributed by atoms with Crippen molar-refractivity contribution in [3.63, 3.8) is 0 Å². The molecule has 0 spiro atoms.